The highest BCUT2D eigenvalue weighted by atomic mass is 35.5. The second-order valence-corrected chi connectivity index (χ2v) is 5.21. The van der Waals surface area contributed by atoms with Gasteiger partial charge in [0, 0.05) is 11.8 Å². The molecule has 0 heterocycles. The van der Waals surface area contributed by atoms with E-state index in [1.165, 1.54) is 6.07 Å². The number of allylic oxidation sites excluding steroid dienone is 2. The van der Waals surface area contributed by atoms with Gasteiger partial charge < -0.3 is 0 Å². The van der Waals surface area contributed by atoms with Gasteiger partial charge in [-0.05, 0) is 43.4 Å². The molecule has 0 saturated carbocycles. The van der Waals surface area contributed by atoms with E-state index in [1.807, 2.05) is 0 Å². The number of rotatable bonds is 3. The molecule has 0 aliphatic heterocycles. The molecule has 0 aromatic heterocycles. The van der Waals surface area contributed by atoms with Gasteiger partial charge in [-0.3, -0.25) is 4.79 Å². The number of hydrazone groups is 1. The van der Waals surface area contributed by atoms with E-state index in [4.69, 9.17) is 23.2 Å². The molecular weight excluding hydrogens is 283 g/mol. The Morgan fingerprint density at radius 1 is 1.32 bits per heavy atom. The summed E-state index contributed by atoms with van der Waals surface area (Å²) in [7, 11) is 0. The predicted molar refractivity (Wildman–Crippen MR) is 78.9 cm³/mol. The fraction of sp³-hybridized carbons (Fsp3) is 0.286. The molecule has 0 spiro atoms. The van der Waals surface area contributed by atoms with Crippen LogP contribution in [0.4, 0.5) is 0 Å². The zero-order valence-corrected chi connectivity index (χ0v) is 11.8. The first-order valence-corrected chi connectivity index (χ1v) is 6.86. The highest BCUT2D eigenvalue weighted by Crippen LogP contribution is 2.22. The van der Waals surface area contributed by atoms with Crippen LogP contribution in [0.3, 0.4) is 0 Å². The van der Waals surface area contributed by atoms with Gasteiger partial charge in [0.15, 0.2) is 0 Å². The van der Waals surface area contributed by atoms with Crippen LogP contribution in [0.15, 0.2) is 35.5 Å². The van der Waals surface area contributed by atoms with Gasteiger partial charge in [0.2, 0.25) is 0 Å². The molecule has 0 fully saturated rings. The number of hydrogen-bond acceptors (Lipinski definition) is 2. The lowest BCUT2D eigenvalue weighted by Gasteiger charge is -2.11. The summed E-state index contributed by atoms with van der Waals surface area (Å²) >= 11 is 11.6. The zero-order valence-electron chi connectivity index (χ0n) is 10.3. The number of carbonyl (C=O) groups excluding carboxylic acids is 1. The summed E-state index contributed by atoms with van der Waals surface area (Å²) in [5.41, 5.74) is 2.94. The Morgan fingerprint density at radius 3 is 2.84 bits per heavy atom. The van der Waals surface area contributed by atoms with E-state index >= 15 is 0 Å². The van der Waals surface area contributed by atoms with Crippen molar-refractivity contribution in [3.8, 4) is 0 Å². The van der Waals surface area contributed by atoms with Crippen LogP contribution >= 0.6 is 23.2 Å². The van der Waals surface area contributed by atoms with Gasteiger partial charge in [-0.15, -0.1) is 0 Å². The molecule has 1 aromatic rings. The minimum Gasteiger partial charge on any atom is -0.267 e. The second kappa shape index (κ2) is 6.73. The summed E-state index contributed by atoms with van der Waals surface area (Å²) in [6.07, 6.45) is 9.21. The maximum atomic E-state index is 11.8. The molecule has 5 heteroatoms. The first-order valence-electron chi connectivity index (χ1n) is 6.10. The van der Waals surface area contributed by atoms with Gasteiger partial charge in [-0.1, -0.05) is 35.4 Å². The van der Waals surface area contributed by atoms with Gasteiger partial charge in [0.25, 0.3) is 5.91 Å². The Labute approximate surface area is 122 Å². The van der Waals surface area contributed by atoms with E-state index in [0.717, 1.165) is 19.3 Å². The number of benzene rings is 1. The van der Waals surface area contributed by atoms with Crippen molar-refractivity contribution < 1.29 is 4.79 Å². The molecular formula is C14H14Cl2N2O. The van der Waals surface area contributed by atoms with Crippen LogP contribution in [-0.2, 0) is 0 Å². The second-order valence-electron chi connectivity index (χ2n) is 4.39. The molecule has 1 aliphatic rings. The molecule has 100 valence electrons. The topological polar surface area (TPSA) is 41.5 Å². The summed E-state index contributed by atoms with van der Waals surface area (Å²) < 4.78 is 0. The monoisotopic (exact) mass is 296 g/mol. The van der Waals surface area contributed by atoms with Crippen LogP contribution in [0.5, 0.6) is 0 Å². The highest BCUT2D eigenvalue weighted by molar-refractivity contribution is 6.42. The third-order valence-electron chi connectivity index (χ3n) is 2.94. The van der Waals surface area contributed by atoms with Gasteiger partial charge in [0.05, 0.1) is 10.0 Å². The lowest BCUT2D eigenvalue weighted by atomic mass is 9.96. The van der Waals surface area contributed by atoms with E-state index < -0.39 is 0 Å². The molecule has 1 unspecified atom stereocenters. The quantitative estimate of drug-likeness (QED) is 0.510. The average molecular weight is 297 g/mol. The maximum Gasteiger partial charge on any atom is 0.271 e. The Bertz CT molecular complexity index is 526. The number of hydrogen-bond donors (Lipinski definition) is 1. The van der Waals surface area contributed by atoms with Crippen molar-refractivity contribution in [3.05, 3.63) is 46.0 Å². The summed E-state index contributed by atoms with van der Waals surface area (Å²) in [5.74, 6) is 0.111. The van der Waals surface area contributed by atoms with Crippen LogP contribution in [0.25, 0.3) is 0 Å². The molecule has 1 atom stereocenters. The first-order chi connectivity index (χ1) is 9.16. The third kappa shape index (κ3) is 4.08. The number of nitrogens with zero attached hydrogens (tertiary/aromatic N) is 1. The number of amides is 1. The fourth-order valence-electron chi connectivity index (χ4n) is 1.86. The van der Waals surface area contributed by atoms with E-state index in [0.29, 0.717) is 21.5 Å². The summed E-state index contributed by atoms with van der Waals surface area (Å²) in [6.45, 7) is 0. The first kappa shape index (κ1) is 14.1. The predicted octanol–water partition coefficient (Wildman–Crippen LogP) is 4.07. The Kier molecular flexibility index (Phi) is 5.00. The zero-order chi connectivity index (χ0) is 13.7. The molecule has 2 rings (SSSR count). The smallest absolute Gasteiger partial charge is 0.267 e. The molecule has 1 aromatic carbocycles. The molecule has 1 aliphatic carbocycles. The van der Waals surface area contributed by atoms with Crippen molar-refractivity contribution in [3.63, 3.8) is 0 Å². The number of carbonyl (C=O) groups is 1. The van der Waals surface area contributed by atoms with Crippen LogP contribution < -0.4 is 5.43 Å². The summed E-state index contributed by atoms with van der Waals surface area (Å²) in [5, 5.41) is 4.77. The minimum atomic E-state index is -0.291. The highest BCUT2D eigenvalue weighted by Gasteiger charge is 2.08. The molecule has 0 saturated heterocycles. The molecule has 19 heavy (non-hydrogen) atoms. The number of nitrogens with one attached hydrogen (secondary N) is 1. The third-order valence-corrected chi connectivity index (χ3v) is 3.68. The SMILES string of the molecule is O=C(N/N=C/C1CC=CCC1)c1ccc(Cl)c(Cl)c1. The van der Waals surface area contributed by atoms with Crippen LogP contribution in [0, 0.1) is 5.92 Å². The van der Waals surface area contributed by atoms with E-state index in [-0.39, 0.29) is 5.91 Å². The van der Waals surface area contributed by atoms with Crippen LogP contribution in [0.1, 0.15) is 29.6 Å². The van der Waals surface area contributed by atoms with Gasteiger partial charge in [-0.25, -0.2) is 5.43 Å². The normalized spacial score (nSPS) is 18.7. The number of halogens is 2. The fourth-order valence-corrected chi connectivity index (χ4v) is 2.15. The van der Waals surface area contributed by atoms with Crippen molar-refractivity contribution in [2.24, 2.45) is 11.0 Å². The van der Waals surface area contributed by atoms with Crippen LogP contribution in [-0.4, -0.2) is 12.1 Å². The van der Waals surface area contributed by atoms with Gasteiger partial charge >= 0.3 is 0 Å². The van der Waals surface area contributed by atoms with Crippen LogP contribution in [0.2, 0.25) is 10.0 Å². The Balaban J connectivity index is 1.91. The van der Waals surface area contributed by atoms with Gasteiger partial charge in [0.1, 0.15) is 0 Å². The molecule has 3 nitrogen and oxygen atoms in total. The van der Waals surface area contributed by atoms with Crippen molar-refractivity contribution in [1.29, 1.82) is 0 Å². The average Bonchev–Trinajstić information content (AvgIpc) is 2.43. The maximum absolute atomic E-state index is 11.8. The molecule has 1 amide bonds. The van der Waals surface area contributed by atoms with E-state index in [1.54, 1.807) is 18.3 Å². The van der Waals surface area contributed by atoms with E-state index in [2.05, 4.69) is 22.7 Å². The largest absolute Gasteiger partial charge is 0.271 e. The molecule has 0 bridgehead atoms. The van der Waals surface area contributed by atoms with Crippen molar-refractivity contribution >= 4 is 35.3 Å². The van der Waals surface area contributed by atoms with E-state index in [9.17, 15) is 4.79 Å². The Hall–Kier alpha value is -1.32. The Morgan fingerprint density at radius 2 is 2.16 bits per heavy atom. The molecule has 1 N–H and O–H groups in total. The lowest BCUT2D eigenvalue weighted by Crippen LogP contribution is -2.18. The van der Waals surface area contributed by atoms with Gasteiger partial charge in [-0.2, -0.15) is 5.10 Å². The lowest BCUT2D eigenvalue weighted by molar-refractivity contribution is 0.0955. The van der Waals surface area contributed by atoms with Crippen molar-refractivity contribution in [2.75, 3.05) is 0 Å². The summed E-state index contributed by atoms with van der Waals surface area (Å²) in [6, 6.07) is 4.73. The standard InChI is InChI=1S/C14H14Cl2N2O/c15-12-7-6-11(8-13(12)16)14(19)18-17-9-10-4-2-1-3-5-10/h1-2,6-10H,3-5H2,(H,18,19)/b17-9+. The van der Waals surface area contributed by atoms with Crippen molar-refractivity contribution in [2.45, 2.75) is 19.3 Å². The molecule has 0 radical (unpaired) electrons. The summed E-state index contributed by atoms with van der Waals surface area (Å²) in [4.78, 5) is 11.8. The minimum absolute atomic E-state index is 0.291. The van der Waals surface area contributed by atoms with Crippen molar-refractivity contribution in [1.82, 2.24) is 5.43 Å².